The molecular weight excluding hydrogens is 284 g/mol. The minimum Gasteiger partial charge on any atom is -0.372 e. The highest BCUT2D eigenvalue weighted by Gasteiger charge is 2.11. The van der Waals surface area contributed by atoms with E-state index in [0.29, 0.717) is 5.69 Å². The van der Waals surface area contributed by atoms with Gasteiger partial charge in [-0.2, -0.15) is 0 Å². The van der Waals surface area contributed by atoms with Crippen molar-refractivity contribution in [2.45, 2.75) is 19.3 Å². The highest BCUT2D eigenvalue weighted by atomic mass is 15.1. The van der Waals surface area contributed by atoms with Gasteiger partial charge in [0.1, 0.15) is 5.82 Å². The van der Waals surface area contributed by atoms with Crippen molar-refractivity contribution in [3.8, 4) is 11.4 Å². The van der Waals surface area contributed by atoms with Crippen LogP contribution in [-0.2, 0) is 0 Å². The number of hydrogen-bond acceptors (Lipinski definition) is 2. The van der Waals surface area contributed by atoms with Crippen molar-refractivity contribution in [2.75, 3.05) is 18.0 Å². The number of aromatic amines is 1. The molecule has 1 N–H and O–H groups in total. The lowest BCUT2D eigenvalue weighted by Gasteiger charge is -2.28. The van der Waals surface area contributed by atoms with Crippen LogP contribution in [0.4, 0.5) is 11.4 Å². The fourth-order valence-corrected chi connectivity index (χ4v) is 3.19. The van der Waals surface area contributed by atoms with Crippen LogP contribution >= 0.6 is 0 Å². The number of aromatic nitrogens is 2. The highest BCUT2D eigenvalue weighted by Crippen LogP contribution is 2.26. The van der Waals surface area contributed by atoms with Crippen LogP contribution < -0.4 is 4.90 Å². The van der Waals surface area contributed by atoms with Gasteiger partial charge in [0.15, 0.2) is 5.69 Å². The monoisotopic (exact) mass is 302 g/mol. The Labute approximate surface area is 135 Å². The average Bonchev–Trinajstić information content (AvgIpc) is 3.05. The van der Waals surface area contributed by atoms with Gasteiger partial charge in [0, 0.05) is 24.3 Å². The van der Waals surface area contributed by atoms with E-state index in [1.165, 1.54) is 24.9 Å². The fraction of sp³-hybridized carbons (Fsp3) is 0.263. The third-order valence-electron chi connectivity index (χ3n) is 4.46. The molecule has 0 radical (unpaired) electrons. The van der Waals surface area contributed by atoms with E-state index in [4.69, 9.17) is 6.57 Å². The molecule has 0 bridgehead atoms. The Kier molecular flexibility index (Phi) is 3.47. The molecule has 23 heavy (non-hydrogen) atoms. The first-order chi connectivity index (χ1) is 11.3. The SMILES string of the molecule is [C-]#[N+]c1ccc2nc(-c3ccc(N4CCCCC4)cc3)[nH]c2c1. The van der Waals surface area contributed by atoms with Gasteiger partial charge < -0.3 is 9.88 Å². The van der Waals surface area contributed by atoms with E-state index in [-0.39, 0.29) is 0 Å². The molecule has 0 unspecified atom stereocenters. The number of hydrogen-bond donors (Lipinski definition) is 1. The Bertz CT molecular complexity index is 865. The van der Waals surface area contributed by atoms with Gasteiger partial charge in [0.25, 0.3) is 0 Å². The normalized spacial score (nSPS) is 14.8. The lowest BCUT2D eigenvalue weighted by atomic mass is 10.1. The third kappa shape index (κ3) is 2.66. The van der Waals surface area contributed by atoms with Crippen LogP contribution in [0.2, 0.25) is 0 Å². The number of benzene rings is 2. The molecule has 2 heterocycles. The summed E-state index contributed by atoms with van der Waals surface area (Å²) >= 11 is 0. The number of anilines is 1. The number of H-pyrrole nitrogens is 1. The topological polar surface area (TPSA) is 36.3 Å². The van der Waals surface area contributed by atoms with Crippen LogP contribution in [0.3, 0.4) is 0 Å². The Balaban J connectivity index is 1.63. The Morgan fingerprint density at radius 2 is 1.78 bits per heavy atom. The molecule has 1 aromatic heterocycles. The van der Waals surface area contributed by atoms with Gasteiger partial charge in [0.2, 0.25) is 0 Å². The summed E-state index contributed by atoms with van der Waals surface area (Å²) in [5, 5.41) is 0. The maximum atomic E-state index is 7.10. The maximum absolute atomic E-state index is 7.10. The third-order valence-corrected chi connectivity index (χ3v) is 4.46. The van der Waals surface area contributed by atoms with E-state index in [0.717, 1.165) is 35.5 Å². The smallest absolute Gasteiger partial charge is 0.189 e. The number of fused-ring (bicyclic) bond motifs is 1. The van der Waals surface area contributed by atoms with Gasteiger partial charge >= 0.3 is 0 Å². The van der Waals surface area contributed by atoms with Crippen molar-refractivity contribution >= 4 is 22.4 Å². The molecule has 1 saturated heterocycles. The molecule has 1 aliphatic heterocycles. The molecule has 4 nitrogen and oxygen atoms in total. The predicted molar refractivity (Wildman–Crippen MR) is 93.9 cm³/mol. The first-order valence-electron chi connectivity index (χ1n) is 8.06. The molecule has 1 fully saturated rings. The fourth-order valence-electron chi connectivity index (χ4n) is 3.19. The van der Waals surface area contributed by atoms with Crippen LogP contribution in [-0.4, -0.2) is 23.1 Å². The van der Waals surface area contributed by atoms with E-state index in [2.05, 4.69) is 44.0 Å². The molecule has 0 aliphatic carbocycles. The molecule has 0 spiro atoms. The second-order valence-electron chi connectivity index (χ2n) is 5.99. The zero-order chi connectivity index (χ0) is 15.6. The van der Waals surface area contributed by atoms with Crippen molar-refractivity contribution in [2.24, 2.45) is 0 Å². The first-order valence-corrected chi connectivity index (χ1v) is 8.06. The van der Waals surface area contributed by atoms with Crippen LogP contribution in [0.25, 0.3) is 27.3 Å². The van der Waals surface area contributed by atoms with Gasteiger partial charge in [0.05, 0.1) is 17.6 Å². The van der Waals surface area contributed by atoms with Crippen molar-refractivity contribution in [1.82, 2.24) is 9.97 Å². The Morgan fingerprint density at radius 1 is 1.00 bits per heavy atom. The zero-order valence-corrected chi connectivity index (χ0v) is 12.9. The average molecular weight is 302 g/mol. The van der Waals surface area contributed by atoms with Crippen LogP contribution in [0.1, 0.15) is 19.3 Å². The van der Waals surface area contributed by atoms with Crippen molar-refractivity contribution < 1.29 is 0 Å². The van der Waals surface area contributed by atoms with Crippen LogP contribution in [0.15, 0.2) is 42.5 Å². The molecule has 0 saturated carbocycles. The molecule has 4 heteroatoms. The second kappa shape index (κ2) is 5.77. The summed E-state index contributed by atoms with van der Waals surface area (Å²) in [6.45, 7) is 9.41. The Morgan fingerprint density at radius 3 is 2.52 bits per heavy atom. The van der Waals surface area contributed by atoms with E-state index in [9.17, 15) is 0 Å². The first kappa shape index (κ1) is 13.8. The molecule has 2 aromatic carbocycles. The van der Waals surface area contributed by atoms with E-state index >= 15 is 0 Å². The summed E-state index contributed by atoms with van der Waals surface area (Å²) in [5.74, 6) is 0.854. The summed E-state index contributed by atoms with van der Waals surface area (Å²) < 4.78 is 0. The van der Waals surface area contributed by atoms with E-state index < -0.39 is 0 Å². The maximum Gasteiger partial charge on any atom is 0.189 e. The van der Waals surface area contributed by atoms with Crippen molar-refractivity contribution in [1.29, 1.82) is 0 Å². The lowest BCUT2D eigenvalue weighted by molar-refractivity contribution is 0.578. The van der Waals surface area contributed by atoms with Gasteiger partial charge in [-0.15, -0.1) is 0 Å². The number of nitrogens with zero attached hydrogens (tertiary/aromatic N) is 3. The molecule has 3 aromatic rings. The minimum absolute atomic E-state index is 0.633. The zero-order valence-electron chi connectivity index (χ0n) is 12.9. The van der Waals surface area contributed by atoms with Gasteiger partial charge in [-0.25, -0.2) is 9.83 Å². The molecule has 0 amide bonds. The predicted octanol–water partition coefficient (Wildman–Crippen LogP) is 4.77. The molecule has 114 valence electrons. The summed E-state index contributed by atoms with van der Waals surface area (Å²) in [5.41, 5.74) is 4.81. The summed E-state index contributed by atoms with van der Waals surface area (Å²) in [7, 11) is 0. The molecular formula is C19H18N4. The van der Waals surface area contributed by atoms with Crippen molar-refractivity contribution in [3.05, 3.63) is 53.9 Å². The largest absolute Gasteiger partial charge is 0.372 e. The molecule has 4 rings (SSSR count). The van der Waals surface area contributed by atoms with E-state index in [1.54, 1.807) is 6.07 Å². The molecule has 0 atom stereocenters. The molecule has 1 aliphatic rings. The number of piperidine rings is 1. The van der Waals surface area contributed by atoms with Crippen LogP contribution in [0.5, 0.6) is 0 Å². The number of imidazole rings is 1. The quantitative estimate of drug-likeness (QED) is 0.692. The summed E-state index contributed by atoms with van der Waals surface area (Å²) in [4.78, 5) is 13.9. The highest BCUT2D eigenvalue weighted by molar-refractivity contribution is 5.83. The van der Waals surface area contributed by atoms with E-state index in [1.807, 2.05) is 12.1 Å². The van der Waals surface area contributed by atoms with Gasteiger partial charge in [-0.1, -0.05) is 6.07 Å². The van der Waals surface area contributed by atoms with Gasteiger partial charge in [-0.05, 0) is 55.7 Å². The summed E-state index contributed by atoms with van der Waals surface area (Å²) in [6, 6.07) is 14.1. The van der Waals surface area contributed by atoms with Crippen LogP contribution in [0, 0.1) is 6.57 Å². The Hall–Kier alpha value is -2.80. The standard InChI is InChI=1S/C19H18N4/c1-20-15-7-10-17-18(13-15)22-19(21-17)14-5-8-16(9-6-14)23-11-3-2-4-12-23/h5-10,13H,2-4,11-12H2,(H,21,22). The summed E-state index contributed by atoms with van der Waals surface area (Å²) in [6.07, 6.45) is 3.92. The number of nitrogens with one attached hydrogen (secondary N) is 1. The van der Waals surface area contributed by atoms with Gasteiger partial charge in [-0.3, -0.25) is 0 Å². The minimum atomic E-state index is 0.633. The van der Waals surface area contributed by atoms with Crippen molar-refractivity contribution in [3.63, 3.8) is 0 Å². The lowest BCUT2D eigenvalue weighted by Crippen LogP contribution is -2.29. The second-order valence-corrected chi connectivity index (χ2v) is 5.99. The number of rotatable bonds is 2.